The first-order chi connectivity index (χ1) is 15.4. The summed E-state index contributed by atoms with van der Waals surface area (Å²) in [6.07, 6.45) is 1.72. The zero-order valence-corrected chi connectivity index (χ0v) is 17.0. The van der Waals surface area contributed by atoms with Gasteiger partial charge in [-0.05, 0) is 60.2 Å². The molecule has 0 radical (unpaired) electrons. The van der Waals surface area contributed by atoms with Crippen LogP contribution in [0, 0.1) is 0 Å². The third kappa shape index (κ3) is 4.44. The van der Waals surface area contributed by atoms with Crippen LogP contribution in [0.5, 0.6) is 11.5 Å². The average Bonchev–Trinajstić information content (AvgIpc) is 3.09. The molecule has 0 spiro atoms. The molecule has 0 saturated heterocycles. The van der Waals surface area contributed by atoms with E-state index >= 15 is 0 Å². The van der Waals surface area contributed by atoms with Crippen molar-refractivity contribution in [2.75, 3.05) is 17.7 Å². The summed E-state index contributed by atoms with van der Waals surface area (Å²) in [7, 11) is 1.52. The molecule has 8 heteroatoms. The molecule has 4 amide bonds. The Morgan fingerprint density at radius 3 is 2.41 bits per heavy atom. The van der Waals surface area contributed by atoms with Crippen molar-refractivity contribution in [1.29, 1.82) is 0 Å². The number of hydrogen-bond acceptors (Lipinski definition) is 5. The number of hydrogen-bond donors (Lipinski definition) is 4. The van der Waals surface area contributed by atoms with Gasteiger partial charge in [-0.1, -0.05) is 18.2 Å². The number of methoxy groups -OCH3 is 1. The number of phenolic OH excluding ortho intramolecular Hbond substituents is 1. The number of fused-ring (bicyclic) bond motifs is 1. The maximum absolute atomic E-state index is 12.4. The van der Waals surface area contributed by atoms with Crippen LogP contribution in [-0.4, -0.2) is 30.1 Å². The number of benzene rings is 3. The number of amides is 4. The van der Waals surface area contributed by atoms with Crippen LogP contribution in [0.1, 0.15) is 21.5 Å². The quantitative estimate of drug-likeness (QED) is 0.470. The van der Waals surface area contributed by atoms with Crippen LogP contribution in [0.25, 0.3) is 11.6 Å². The molecule has 160 valence electrons. The van der Waals surface area contributed by atoms with E-state index in [1.165, 1.54) is 7.11 Å². The van der Waals surface area contributed by atoms with E-state index in [1.54, 1.807) is 72.8 Å². The van der Waals surface area contributed by atoms with Gasteiger partial charge >= 0.3 is 6.03 Å². The molecule has 0 unspecified atom stereocenters. The van der Waals surface area contributed by atoms with Gasteiger partial charge in [-0.15, -0.1) is 0 Å². The van der Waals surface area contributed by atoms with Crippen LogP contribution in [0.3, 0.4) is 0 Å². The summed E-state index contributed by atoms with van der Waals surface area (Å²) < 4.78 is 5.04. The number of rotatable bonds is 4. The zero-order chi connectivity index (χ0) is 22.7. The Morgan fingerprint density at radius 2 is 1.72 bits per heavy atom. The Hall–Kier alpha value is -4.59. The van der Waals surface area contributed by atoms with E-state index < -0.39 is 11.9 Å². The van der Waals surface area contributed by atoms with E-state index in [0.717, 1.165) is 5.56 Å². The second-order valence-electron chi connectivity index (χ2n) is 7.00. The number of nitrogens with one attached hydrogen (secondary N) is 3. The summed E-state index contributed by atoms with van der Waals surface area (Å²) >= 11 is 0. The van der Waals surface area contributed by atoms with E-state index in [2.05, 4.69) is 16.0 Å². The summed E-state index contributed by atoms with van der Waals surface area (Å²) in [5, 5.41) is 17.0. The smallest absolute Gasteiger partial charge is 0.326 e. The Labute approximate surface area is 183 Å². The topological polar surface area (TPSA) is 117 Å². The van der Waals surface area contributed by atoms with E-state index in [1.807, 2.05) is 0 Å². The van der Waals surface area contributed by atoms with E-state index in [4.69, 9.17) is 4.74 Å². The second kappa shape index (κ2) is 8.65. The van der Waals surface area contributed by atoms with Gasteiger partial charge in [-0.3, -0.25) is 14.9 Å². The Kier molecular flexibility index (Phi) is 5.59. The van der Waals surface area contributed by atoms with Gasteiger partial charge in [0.25, 0.3) is 11.8 Å². The summed E-state index contributed by atoms with van der Waals surface area (Å²) in [5.74, 6) is -0.0870. The highest BCUT2D eigenvalue weighted by molar-refractivity contribution is 6.35. The molecule has 1 aliphatic heterocycles. The molecule has 0 fully saturated rings. The average molecular weight is 429 g/mol. The fraction of sp³-hybridized carbons (Fsp3) is 0.0417. The lowest BCUT2D eigenvalue weighted by Gasteiger charge is -2.09. The molecular formula is C24H19N3O5. The molecular weight excluding hydrogens is 410 g/mol. The highest BCUT2D eigenvalue weighted by Crippen LogP contribution is 2.35. The molecule has 8 nitrogen and oxygen atoms in total. The SMILES string of the molecule is COc1ccc(C(=O)NC(=O)Nc2ccc3c(c2)NC(=O)/C3=C/c2ccc(O)cc2)cc1. The normalized spacial score (nSPS) is 13.3. The fourth-order valence-corrected chi connectivity index (χ4v) is 3.23. The molecule has 3 aromatic carbocycles. The largest absolute Gasteiger partial charge is 0.508 e. The van der Waals surface area contributed by atoms with E-state index in [-0.39, 0.29) is 11.7 Å². The predicted molar refractivity (Wildman–Crippen MR) is 121 cm³/mol. The molecule has 1 aliphatic rings. The minimum atomic E-state index is -0.699. The summed E-state index contributed by atoms with van der Waals surface area (Å²) in [6, 6.07) is 17.1. The minimum Gasteiger partial charge on any atom is -0.508 e. The first-order valence-electron chi connectivity index (χ1n) is 9.66. The van der Waals surface area contributed by atoms with Crippen LogP contribution in [-0.2, 0) is 4.79 Å². The van der Waals surface area contributed by atoms with Crippen molar-refractivity contribution in [1.82, 2.24) is 5.32 Å². The first kappa shape index (κ1) is 20.7. The highest BCUT2D eigenvalue weighted by Gasteiger charge is 2.24. The molecule has 4 N–H and O–H groups in total. The van der Waals surface area contributed by atoms with Crippen molar-refractivity contribution >= 4 is 40.9 Å². The number of carbonyl (C=O) groups is 3. The van der Waals surface area contributed by atoms with Gasteiger partial charge in [0, 0.05) is 22.4 Å². The van der Waals surface area contributed by atoms with Crippen LogP contribution < -0.4 is 20.7 Å². The van der Waals surface area contributed by atoms with Gasteiger partial charge < -0.3 is 20.5 Å². The van der Waals surface area contributed by atoms with Crippen LogP contribution in [0.2, 0.25) is 0 Å². The summed E-state index contributed by atoms with van der Waals surface area (Å²) in [6.45, 7) is 0. The second-order valence-corrected chi connectivity index (χ2v) is 7.00. The van der Waals surface area contributed by atoms with Gasteiger partial charge in [0.1, 0.15) is 11.5 Å². The van der Waals surface area contributed by atoms with Gasteiger partial charge in [0.05, 0.1) is 12.8 Å². The number of urea groups is 1. The molecule has 3 aromatic rings. The zero-order valence-electron chi connectivity index (χ0n) is 17.0. The first-order valence-corrected chi connectivity index (χ1v) is 9.66. The monoisotopic (exact) mass is 429 g/mol. The molecule has 0 aliphatic carbocycles. The number of anilines is 2. The molecule has 0 bridgehead atoms. The Bertz CT molecular complexity index is 1230. The molecule has 0 saturated carbocycles. The van der Waals surface area contributed by atoms with E-state index in [9.17, 15) is 19.5 Å². The van der Waals surface area contributed by atoms with Crippen molar-refractivity contribution in [2.24, 2.45) is 0 Å². The number of aromatic hydroxyl groups is 1. The van der Waals surface area contributed by atoms with Gasteiger partial charge in [0.15, 0.2) is 0 Å². The predicted octanol–water partition coefficient (Wildman–Crippen LogP) is 3.86. The minimum absolute atomic E-state index is 0.142. The highest BCUT2D eigenvalue weighted by atomic mass is 16.5. The Morgan fingerprint density at radius 1 is 1.00 bits per heavy atom. The van der Waals surface area contributed by atoms with Gasteiger partial charge in [-0.2, -0.15) is 0 Å². The van der Waals surface area contributed by atoms with Crippen molar-refractivity contribution in [3.05, 3.63) is 83.4 Å². The fourth-order valence-electron chi connectivity index (χ4n) is 3.23. The third-order valence-electron chi connectivity index (χ3n) is 4.84. The maximum atomic E-state index is 12.4. The lowest BCUT2D eigenvalue weighted by atomic mass is 10.0. The van der Waals surface area contributed by atoms with Crippen molar-refractivity contribution in [3.63, 3.8) is 0 Å². The van der Waals surface area contributed by atoms with E-state index in [0.29, 0.717) is 33.8 Å². The number of imide groups is 1. The molecule has 4 rings (SSSR count). The molecule has 1 heterocycles. The van der Waals surface area contributed by atoms with Crippen molar-refractivity contribution in [3.8, 4) is 11.5 Å². The van der Waals surface area contributed by atoms with Gasteiger partial charge in [0.2, 0.25) is 0 Å². The van der Waals surface area contributed by atoms with Crippen LogP contribution >= 0.6 is 0 Å². The third-order valence-corrected chi connectivity index (χ3v) is 4.84. The number of carbonyl (C=O) groups excluding carboxylic acids is 3. The van der Waals surface area contributed by atoms with Crippen LogP contribution in [0.15, 0.2) is 66.7 Å². The van der Waals surface area contributed by atoms with Gasteiger partial charge in [-0.25, -0.2) is 4.79 Å². The standard InChI is InChI=1S/C24H19N3O5/c1-32-18-9-4-15(5-10-18)22(29)27-24(31)25-16-6-11-19-20(23(30)26-21(19)13-16)12-14-2-7-17(28)8-3-14/h2-13,28H,1H3,(H,26,30)(H2,25,27,29,31)/b20-12+. The maximum Gasteiger partial charge on any atom is 0.326 e. The molecule has 0 atom stereocenters. The molecule has 0 aromatic heterocycles. The number of phenols is 1. The lowest BCUT2D eigenvalue weighted by molar-refractivity contribution is -0.110. The van der Waals surface area contributed by atoms with Crippen molar-refractivity contribution < 1.29 is 24.2 Å². The summed E-state index contributed by atoms with van der Waals surface area (Å²) in [4.78, 5) is 36.9. The van der Waals surface area contributed by atoms with Crippen LogP contribution in [0.4, 0.5) is 16.2 Å². The Balaban J connectivity index is 1.45. The number of ether oxygens (including phenoxy) is 1. The lowest BCUT2D eigenvalue weighted by Crippen LogP contribution is -2.34. The molecule has 32 heavy (non-hydrogen) atoms. The van der Waals surface area contributed by atoms with Crippen molar-refractivity contribution in [2.45, 2.75) is 0 Å². The summed E-state index contributed by atoms with van der Waals surface area (Å²) in [5.41, 5.74) is 3.18.